The lowest BCUT2D eigenvalue weighted by Crippen LogP contribution is -2.45. The lowest BCUT2D eigenvalue weighted by molar-refractivity contribution is -0.143. The summed E-state index contributed by atoms with van der Waals surface area (Å²) in [5, 5.41) is 9.07. The van der Waals surface area contributed by atoms with Crippen molar-refractivity contribution in [3.8, 4) is 0 Å². The summed E-state index contributed by atoms with van der Waals surface area (Å²) in [6, 6.07) is 4.97. The van der Waals surface area contributed by atoms with E-state index in [1.54, 1.807) is 18.2 Å². The Morgan fingerprint density at radius 1 is 1.28 bits per heavy atom. The molecule has 1 fully saturated rings. The first-order valence-corrected chi connectivity index (χ1v) is 9.77. The minimum absolute atomic E-state index is 0.0271. The van der Waals surface area contributed by atoms with Gasteiger partial charge in [-0.25, -0.2) is 13.4 Å². The van der Waals surface area contributed by atoms with Crippen LogP contribution in [0.4, 0.5) is 0 Å². The minimum atomic E-state index is -3.62. The van der Waals surface area contributed by atoms with Gasteiger partial charge in [0.05, 0.1) is 11.4 Å². The molecule has 1 aliphatic rings. The summed E-state index contributed by atoms with van der Waals surface area (Å²) in [5.74, 6) is -1.97. The van der Waals surface area contributed by atoms with Gasteiger partial charge < -0.3 is 10.0 Å². The third-order valence-corrected chi connectivity index (χ3v) is 5.30. The molecule has 25 heavy (non-hydrogen) atoms. The summed E-state index contributed by atoms with van der Waals surface area (Å²) in [6.45, 7) is 2.41. The number of likely N-dealkylation sites (tertiary alicyclic amines) is 1. The molecule has 1 N–H and O–H groups in total. The largest absolute Gasteiger partial charge is 0.481 e. The Kier molecular flexibility index (Phi) is 4.28. The number of hydrogen-bond donors (Lipinski definition) is 1. The highest BCUT2D eigenvalue weighted by molar-refractivity contribution is 7.90. The number of sulfone groups is 1. The van der Waals surface area contributed by atoms with Crippen LogP contribution in [0.5, 0.6) is 0 Å². The van der Waals surface area contributed by atoms with Crippen molar-refractivity contribution in [2.45, 2.75) is 18.5 Å². The molecule has 3 rings (SSSR count). The number of imidazole rings is 1. The topological polar surface area (TPSA) is 109 Å². The van der Waals surface area contributed by atoms with Gasteiger partial charge in [0.15, 0.2) is 5.69 Å². The van der Waals surface area contributed by atoms with E-state index in [-0.39, 0.29) is 23.3 Å². The number of carbonyl (C=O) groups is 2. The van der Waals surface area contributed by atoms with Gasteiger partial charge in [-0.1, -0.05) is 13.0 Å². The summed E-state index contributed by atoms with van der Waals surface area (Å²) in [4.78, 5) is 29.8. The first-order valence-electron chi connectivity index (χ1n) is 7.87. The van der Waals surface area contributed by atoms with Gasteiger partial charge in [0.25, 0.3) is 5.91 Å². The molecule has 1 aliphatic heterocycles. The Morgan fingerprint density at radius 2 is 2.00 bits per heavy atom. The van der Waals surface area contributed by atoms with E-state index in [2.05, 4.69) is 4.98 Å². The van der Waals surface area contributed by atoms with Crippen molar-refractivity contribution in [3.63, 3.8) is 0 Å². The van der Waals surface area contributed by atoms with Gasteiger partial charge in [-0.2, -0.15) is 0 Å². The summed E-state index contributed by atoms with van der Waals surface area (Å²) in [5.41, 5.74) is 0.414. The molecule has 134 valence electrons. The van der Waals surface area contributed by atoms with Crippen molar-refractivity contribution in [2.24, 2.45) is 11.8 Å². The highest BCUT2D eigenvalue weighted by atomic mass is 32.2. The van der Waals surface area contributed by atoms with E-state index in [0.717, 1.165) is 6.26 Å². The van der Waals surface area contributed by atoms with Crippen molar-refractivity contribution in [3.05, 3.63) is 30.1 Å². The van der Waals surface area contributed by atoms with Gasteiger partial charge in [-0.05, 0) is 24.5 Å². The monoisotopic (exact) mass is 365 g/mol. The zero-order chi connectivity index (χ0) is 18.4. The van der Waals surface area contributed by atoms with Crippen molar-refractivity contribution in [1.29, 1.82) is 0 Å². The Hall–Kier alpha value is -2.42. The highest BCUT2D eigenvalue weighted by Crippen LogP contribution is 2.25. The zero-order valence-corrected chi connectivity index (χ0v) is 14.7. The molecule has 1 saturated heterocycles. The SMILES string of the molecule is CC1CC(C(=O)O)CN(C(=O)c2nc(S(C)(=O)=O)n3ccccc23)C1. The summed E-state index contributed by atoms with van der Waals surface area (Å²) >= 11 is 0. The molecular weight excluding hydrogens is 346 g/mol. The Balaban J connectivity index is 2.04. The van der Waals surface area contributed by atoms with E-state index in [1.807, 2.05) is 6.92 Å². The number of carbonyl (C=O) groups excluding carboxylic acids is 1. The number of rotatable bonds is 3. The molecule has 0 aliphatic carbocycles. The maximum atomic E-state index is 12.9. The van der Waals surface area contributed by atoms with Gasteiger partial charge >= 0.3 is 5.97 Å². The average molecular weight is 365 g/mol. The van der Waals surface area contributed by atoms with Crippen LogP contribution in [-0.2, 0) is 14.6 Å². The number of nitrogens with zero attached hydrogens (tertiary/aromatic N) is 3. The van der Waals surface area contributed by atoms with Gasteiger partial charge in [0, 0.05) is 25.5 Å². The molecular formula is C16H19N3O5S. The smallest absolute Gasteiger partial charge is 0.308 e. The van der Waals surface area contributed by atoms with Crippen LogP contribution < -0.4 is 0 Å². The van der Waals surface area contributed by atoms with E-state index in [1.165, 1.54) is 15.5 Å². The first kappa shape index (κ1) is 17.4. The predicted molar refractivity (Wildman–Crippen MR) is 89.1 cm³/mol. The average Bonchev–Trinajstić information content (AvgIpc) is 2.93. The normalized spacial score (nSPS) is 21.4. The lowest BCUT2D eigenvalue weighted by Gasteiger charge is -2.34. The molecule has 9 heteroatoms. The van der Waals surface area contributed by atoms with Gasteiger partial charge in [-0.15, -0.1) is 0 Å². The van der Waals surface area contributed by atoms with Crippen LogP contribution in [0.25, 0.3) is 5.52 Å². The molecule has 2 aromatic rings. The van der Waals surface area contributed by atoms with Crippen LogP contribution in [-0.4, -0.2) is 59.0 Å². The number of hydrogen-bond acceptors (Lipinski definition) is 5. The Bertz CT molecular complexity index is 950. The predicted octanol–water partition coefficient (Wildman–Crippen LogP) is 0.921. The molecule has 0 spiro atoms. The third kappa shape index (κ3) is 3.23. The maximum Gasteiger partial charge on any atom is 0.308 e. The van der Waals surface area contributed by atoms with E-state index in [0.29, 0.717) is 18.5 Å². The van der Waals surface area contributed by atoms with Crippen LogP contribution in [0.2, 0.25) is 0 Å². The number of amides is 1. The number of fused-ring (bicyclic) bond motifs is 1. The van der Waals surface area contributed by atoms with Crippen LogP contribution in [0.3, 0.4) is 0 Å². The highest BCUT2D eigenvalue weighted by Gasteiger charge is 2.34. The Morgan fingerprint density at radius 3 is 2.64 bits per heavy atom. The second-order valence-electron chi connectivity index (χ2n) is 6.56. The van der Waals surface area contributed by atoms with Crippen LogP contribution in [0, 0.1) is 11.8 Å². The Labute approximate surface area is 145 Å². The van der Waals surface area contributed by atoms with Crippen LogP contribution in [0.1, 0.15) is 23.8 Å². The second kappa shape index (κ2) is 6.14. The number of carboxylic acid groups (broad SMARTS) is 1. The zero-order valence-electron chi connectivity index (χ0n) is 13.9. The fraction of sp³-hybridized carbons (Fsp3) is 0.438. The standard InChI is InChI=1S/C16H19N3O5S/c1-10-7-11(15(21)22)9-18(8-10)14(20)13-12-5-3-4-6-19(12)16(17-13)25(2,23)24/h3-6,10-11H,7-9H2,1-2H3,(H,21,22). The van der Waals surface area contributed by atoms with Gasteiger partial charge in [0.1, 0.15) is 0 Å². The molecule has 2 atom stereocenters. The molecule has 2 unspecified atom stereocenters. The molecule has 1 amide bonds. The van der Waals surface area contributed by atoms with Crippen molar-refractivity contribution in [1.82, 2.24) is 14.3 Å². The quantitative estimate of drug-likeness (QED) is 0.866. The van der Waals surface area contributed by atoms with E-state index < -0.39 is 27.6 Å². The molecule has 8 nitrogen and oxygen atoms in total. The molecule has 2 aromatic heterocycles. The van der Waals surface area contributed by atoms with Gasteiger partial charge in [0.2, 0.25) is 15.0 Å². The van der Waals surface area contributed by atoms with Crippen molar-refractivity contribution in [2.75, 3.05) is 19.3 Å². The molecule has 0 radical (unpaired) electrons. The van der Waals surface area contributed by atoms with E-state index in [4.69, 9.17) is 0 Å². The number of aliphatic carboxylic acids is 1. The molecule has 0 bridgehead atoms. The summed E-state index contributed by atoms with van der Waals surface area (Å²) in [6.07, 6.45) is 3.08. The second-order valence-corrected chi connectivity index (χ2v) is 8.47. The summed E-state index contributed by atoms with van der Waals surface area (Å²) in [7, 11) is -3.62. The number of carboxylic acids is 1. The molecule has 3 heterocycles. The third-order valence-electron chi connectivity index (χ3n) is 4.35. The minimum Gasteiger partial charge on any atom is -0.481 e. The van der Waals surface area contributed by atoms with E-state index >= 15 is 0 Å². The van der Waals surface area contributed by atoms with Gasteiger partial charge in [-0.3, -0.25) is 14.0 Å². The molecule has 0 aromatic carbocycles. The van der Waals surface area contributed by atoms with Crippen molar-refractivity contribution >= 4 is 27.2 Å². The summed E-state index contributed by atoms with van der Waals surface area (Å²) < 4.78 is 25.3. The lowest BCUT2D eigenvalue weighted by atomic mass is 9.90. The fourth-order valence-corrected chi connectivity index (χ4v) is 4.05. The maximum absolute atomic E-state index is 12.9. The van der Waals surface area contributed by atoms with E-state index in [9.17, 15) is 23.1 Å². The van der Waals surface area contributed by atoms with Crippen molar-refractivity contribution < 1.29 is 23.1 Å². The van der Waals surface area contributed by atoms with Crippen LogP contribution >= 0.6 is 0 Å². The number of piperidine rings is 1. The number of pyridine rings is 1. The fourth-order valence-electron chi connectivity index (χ4n) is 3.27. The van der Waals surface area contributed by atoms with Crippen LogP contribution in [0.15, 0.2) is 29.6 Å². The first-order chi connectivity index (χ1) is 11.7. The molecule has 0 saturated carbocycles. The number of aromatic nitrogens is 2.